The second kappa shape index (κ2) is 5.58. The average molecular weight is 304 g/mol. The fourth-order valence-corrected chi connectivity index (χ4v) is 4.19. The molecule has 1 N–H and O–H groups in total. The highest BCUT2D eigenvalue weighted by atomic mass is 32.1. The van der Waals surface area contributed by atoms with Gasteiger partial charge < -0.3 is 9.73 Å². The average Bonchev–Trinajstić information content (AvgIpc) is 3.00. The van der Waals surface area contributed by atoms with E-state index in [1.165, 1.54) is 17.0 Å². The Kier molecular flexibility index (Phi) is 3.93. The van der Waals surface area contributed by atoms with E-state index in [0.717, 1.165) is 35.9 Å². The van der Waals surface area contributed by atoms with Crippen molar-refractivity contribution in [1.29, 1.82) is 0 Å². The van der Waals surface area contributed by atoms with Crippen molar-refractivity contribution in [3.63, 3.8) is 0 Å². The van der Waals surface area contributed by atoms with E-state index < -0.39 is 0 Å². The van der Waals surface area contributed by atoms with Crippen LogP contribution in [0.25, 0.3) is 10.8 Å². The third kappa shape index (κ3) is 3.06. The van der Waals surface area contributed by atoms with E-state index in [1.54, 1.807) is 11.3 Å². The van der Waals surface area contributed by atoms with Gasteiger partial charge in [-0.1, -0.05) is 20.8 Å². The molecular weight excluding hydrogens is 280 g/mol. The second-order valence-corrected chi connectivity index (χ2v) is 7.82. The standard InChI is InChI=1S/C17H24N2OS/c1-5-8-18-12-9-17(3,4)10-13-15(12)21-16(19-13)14-7-6-11(2)20-14/h6-7,12,18H,5,8-10H2,1-4H3. The number of aryl methyl sites for hydroxylation is 1. The summed E-state index contributed by atoms with van der Waals surface area (Å²) in [7, 11) is 0. The zero-order valence-electron chi connectivity index (χ0n) is 13.3. The molecular formula is C17H24N2OS. The SMILES string of the molecule is CCCNC1CC(C)(C)Cc2nc(-c3ccc(C)o3)sc21. The van der Waals surface area contributed by atoms with Gasteiger partial charge in [0.05, 0.1) is 5.69 Å². The third-order valence-electron chi connectivity index (χ3n) is 4.04. The van der Waals surface area contributed by atoms with Crippen LogP contribution in [-0.4, -0.2) is 11.5 Å². The molecule has 4 heteroatoms. The molecule has 0 aromatic carbocycles. The summed E-state index contributed by atoms with van der Waals surface area (Å²) in [6.45, 7) is 9.93. The normalized spacial score (nSPS) is 20.5. The molecule has 0 radical (unpaired) electrons. The minimum atomic E-state index is 0.308. The van der Waals surface area contributed by atoms with Gasteiger partial charge in [-0.05, 0) is 50.3 Å². The van der Waals surface area contributed by atoms with Crippen molar-refractivity contribution in [2.24, 2.45) is 5.41 Å². The predicted octanol–water partition coefficient (Wildman–Crippen LogP) is 4.72. The number of fused-ring (bicyclic) bond motifs is 1. The van der Waals surface area contributed by atoms with Gasteiger partial charge in [0.1, 0.15) is 5.76 Å². The predicted molar refractivity (Wildman–Crippen MR) is 87.7 cm³/mol. The third-order valence-corrected chi connectivity index (χ3v) is 5.26. The van der Waals surface area contributed by atoms with Gasteiger partial charge in [-0.2, -0.15) is 0 Å². The molecule has 0 saturated carbocycles. The fourth-order valence-electron chi connectivity index (χ4n) is 3.07. The van der Waals surface area contributed by atoms with Crippen LogP contribution in [0.15, 0.2) is 16.5 Å². The van der Waals surface area contributed by atoms with Crippen LogP contribution in [0.5, 0.6) is 0 Å². The molecule has 0 amide bonds. The molecule has 2 aromatic heterocycles. The highest BCUT2D eigenvalue weighted by molar-refractivity contribution is 7.15. The topological polar surface area (TPSA) is 38.1 Å². The Morgan fingerprint density at radius 2 is 2.24 bits per heavy atom. The summed E-state index contributed by atoms with van der Waals surface area (Å²) in [6, 6.07) is 4.47. The number of thiazole rings is 1. The monoisotopic (exact) mass is 304 g/mol. The first-order valence-electron chi connectivity index (χ1n) is 7.78. The van der Waals surface area contributed by atoms with Gasteiger partial charge in [0.15, 0.2) is 10.8 Å². The molecule has 1 unspecified atom stereocenters. The Morgan fingerprint density at radius 3 is 2.90 bits per heavy atom. The maximum Gasteiger partial charge on any atom is 0.162 e. The molecule has 0 spiro atoms. The van der Waals surface area contributed by atoms with Crippen molar-refractivity contribution in [1.82, 2.24) is 10.3 Å². The molecule has 0 fully saturated rings. The lowest BCUT2D eigenvalue weighted by molar-refractivity contribution is 0.258. The number of hydrogen-bond donors (Lipinski definition) is 1. The molecule has 1 aliphatic rings. The van der Waals surface area contributed by atoms with Gasteiger partial charge in [0.25, 0.3) is 0 Å². The van der Waals surface area contributed by atoms with Gasteiger partial charge in [0, 0.05) is 10.9 Å². The van der Waals surface area contributed by atoms with E-state index in [-0.39, 0.29) is 0 Å². The Labute approximate surface area is 130 Å². The van der Waals surface area contributed by atoms with Gasteiger partial charge in [-0.3, -0.25) is 0 Å². The molecule has 3 rings (SSSR count). The molecule has 2 heterocycles. The molecule has 21 heavy (non-hydrogen) atoms. The highest BCUT2D eigenvalue weighted by Crippen LogP contribution is 2.44. The van der Waals surface area contributed by atoms with Crippen LogP contribution in [0.2, 0.25) is 0 Å². The maximum atomic E-state index is 5.74. The van der Waals surface area contributed by atoms with E-state index in [9.17, 15) is 0 Å². The molecule has 2 aromatic rings. The van der Waals surface area contributed by atoms with E-state index in [4.69, 9.17) is 9.40 Å². The lowest BCUT2D eigenvalue weighted by atomic mass is 9.76. The second-order valence-electron chi connectivity index (χ2n) is 6.79. The van der Waals surface area contributed by atoms with E-state index in [2.05, 4.69) is 26.1 Å². The molecule has 1 atom stereocenters. The summed E-state index contributed by atoms with van der Waals surface area (Å²) in [5.41, 5.74) is 1.57. The van der Waals surface area contributed by atoms with Crippen LogP contribution < -0.4 is 5.32 Å². The Morgan fingerprint density at radius 1 is 1.43 bits per heavy atom. The summed E-state index contributed by atoms with van der Waals surface area (Å²) in [5.74, 6) is 1.85. The number of nitrogens with zero attached hydrogens (tertiary/aromatic N) is 1. The zero-order chi connectivity index (χ0) is 15.0. The van der Waals surface area contributed by atoms with Gasteiger partial charge in [-0.25, -0.2) is 4.98 Å². The quantitative estimate of drug-likeness (QED) is 0.887. The first-order chi connectivity index (χ1) is 9.98. The van der Waals surface area contributed by atoms with Crippen LogP contribution >= 0.6 is 11.3 Å². The first-order valence-corrected chi connectivity index (χ1v) is 8.60. The molecule has 0 aliphatic heterocycles. The Hall–Kier alpha value is -1.13. The van der Waals surface area contributed by atoms with Crippen LogP contribution in [0, 0.1) is 12.3 Å². The molecule has 114 valence electrons. The number of furan rings is 1. The summed E-state index contributed by atoms with van der Waals surface area (Å²) >= 11 is 1.79. The summed E-state index contributed by atoms with van der Waals surface area (Å²) < 4.78 is 5.74. The van der Waals surface area contributed by atoms with E-state index in [1.807, 2.05) is 19.1 Å². The highest BCUT2D eigenvalue weighted by Gasteiger charge is 2.35. The first kappa shape index (κ1) is 14.8. The Bertz CT molecular complexity index is 627. The number of nitrogens with one attached hydrogen (secondary N) is 1. The van der Waals surface area contributed by atoms with Gasteiger partial charge in [0.2, 0.25) is 0 Å². The van der Waals surface area contributed by atoms with Crippen molar-refractivity contribution >= 4 is 11.3 Å². The van der Waals surface area contributed by atoms with Gasteiger partial charge >= 0.3 is 0 Å². The molecule has 3 nitrogen and oxygen atoms in total. The summed E-state index contributed by atoms with van der Waals surface area (Å²) in [6.07, 6.45) is 3.40. The molecule has 0 saturated heterocycles. The smallest absolute Gasteiger partial charge is 0.162 e. The van der Waals surface area contributed by atoms with Crippen molar-refractivity contribution in [2.45, 2.75) is 53.0 Å². The van der Waals surface area contributed by atoms with Crippen molar-refractivity contribution in [2.75, 3.05) is 6.54 Å². The molecule has 0 bridgehead atoms. The minimum Gasteiger partial charge on any atom is -0.459 e. The summed E-state index contributed by atoms with van der Waals surface area (Å²) in [4.78, 5) is 6.28. The number of hydrogen-bond acceptors (Lipinski definition) is 4. The fraction of sp³-hybridized carbons (Fsp3) is 0.588. The van der Waals surface area contributed by atoms with Crippen molar-refractivity contribution in [3.05, 3.63) is 28.5 Å². The molecule has 1 aliphatic carbocycles. The van der Waals surface area contributed by atoms with Gasteiger partial charge in [-0.15, -0.1) is 11.3 Å². The maximum absolute atomic E-state index is 5.74. The van der Waals surface area contributed by atoms with Crippen LogP contribution in [0.4, 0.5) is 0 Å². The van der Waals surface area contributed by atoms with Crippen LogP contribution in [0.3, 0.4) is 0 Å². The Balaban J connectivity index is 1.94. The summed E-state index contributed by atoms with van der Waals surface area (Å²) in [5, 5.41) is 4.72. The van der Waals surface area contributed by atoms with E-state index in [0.29, 0.717) is 11.5 Å². The lowest BCUT2D eigenvalue weighted by Crippen LogP contribution is -2.33. The number of rotatable bonds is 4. The minimum absolute atomic E-state index is 0.308. The van der Waals surface area contributed by atoms with E-state index >= 15 is 0 Å². The zero-order valence-corrected chi connectivity index (χ0v) is 14.1. The van der Waals surface area contributed by atoms with Crippen LogP contribution in [0.1, 0.15) is 56.0 Å². The number of aromatic nitrogens is 1. The largest absolute Gasteiger partial charge is 0.459 e. The van der Waals surface area contributed by atoms with Crippen LogP contribution in [-0.2, 0) is 6.42 Å². The lowest BCUT2D eigenvalue weighted by Gasteiger charge is -2.34. The van der Waals surface area contributed by atoms with Crippen molar-refractivity contribution < 1.29 is 4.42 Å². The van der Waals surface area contributed by atoms with Crippen molar-refractivity contribution in [3.8, 4) is 10.8 Å².